The third-order valence-corrected chi connectivity index (χ3v) is 4.74. The number of carboxylic acids is 1. The quantitative estimate of drug-likeness (QED) is 0.784. The van der Waals surface area contributed by atoms with Crippen molar-refractivity contribution in [1.82, 2.24) is 9.29 Å². The number of aromatic nitrogens is 1. The number of rotatable bonds is 7. The highest BCUT2D eigenvalue weighted by atomic mass is 32.2. The summed E-state index contributed by atoms with van der Waals surface area (Å²) in [5, 5.41) is 12.0. The van der Waals surface area contributed by atoms with E-state index in [1.54, 1.807) is 0 Å². The van der Waals surface area contributed by atoms with Crippen LogP contribution in [0.25, 0.3) is 0 Å². The zero-order valence-corrected chi connectivity index (χ0v) is 13.4. The highest BCUT2D eigenvalue weighted by Gasteiger charge is 2.14. The molecule has 0 unspecified atom stereocenters. The normalized spacial score (nSPS) is 11.9. The van der Waals surface area contributed by atoms with Crippen LogP contribution in [0, 0.1) is 0 Å². The number of aromatic carboxylic acids is 1. The fraction of sp³-hybridized carbons (Fsp3) is 0.538. The molecule has 2 N–H and O–H groups in total. The molecule has 0 aliphatic heterocycles. The van der Waals surface area contributed by atoms with Crippen molar-refractivity contribution in [1.29, 1.82) is 0 Å². The molecular formula is C13H21N3O4S. The number of anilines is 1. The number of hydrogen-bond donors (Lipinski definition) is 2. The molecule has 0 fully saturated rings. The maximum Gasteiger partial charge on any atom is 0.335 e. The van der Waals surface area contributed by atoms with Crippen molar-refractivity contribution in [2.45, 2.75) is 19.8 Å². The Morgan fingerprint density at radius 3 is 2.48 bits per heavy atom. The Labute approximate surface area is 125 Å². The number of nitrogens with zero attached hydrogens (tertiary/aromatic N) is 2. The third kappa shape index (κ3) is 4.98. The van der Waals surface area contributed by atoms with Gasteiger partial charge in [0.05, 0.1) is 11.3 Å². The first-order chi connectivity index (χ1) is 9.63. The summed E-state index contributed by atoms with van der Waals surface area (Å²) in [6, 6.07) is 2.92. The molecule has 0 radical (unpaired) electrons. The Morgan fingerprint density at radius 2 is 2.00 bits per heavy atom. The van der Waals surface area contributed by atoms with Crippen LogP contribution in [-0.2, 0) is 10.0 Å². The van der Waals surface area contributed by atoms with Crippen LogP contribution >= 0.6 is 0 Å². The van der Waals surface area contributed by atoms with Crippen LogP contribution in [0.3, 0.4) is 0 Å². The molecule has 1 aromatic rings. The molecule has 1 aromatic heterocycles. The lowest BCUT2D eigenvalue weighted by atomic mass is 10.1. The summed E-state index contributed by atoms with van der Waals surface area (Å²) in [6.45, 7) is 3.98. The molecule has 0 aliphatic rings. The van der Waals surface area contributed by atoms with Gasteiger partial charge in [0.15, 0.2) is 0 Å². The van der Waals surface area contributed by atoms with Gasteiger partial charge < -0.3 is 10.4 Å². The molecule has 8 heteroatoms. The highest BCUT2D eigenvalue weighted by molar-refractivity contribution is 7.89. The van der Waals surface area contributed by atoms with E-state index < -0.39 is 16.0 Å². The van der Waals surface area contributed by atoms with Crippen LogP contribution in [0.5, 0.6) is 0 Å². The number of pyridine rings is 1. The molecule has 7 nitrogen and oxygen atoms in total. The first-order valence-corrected chi connectivity index (χ1v) is 8.13. The van der Waals surface area contributed by atoms with Gasteiger partial charge in [-0.15, -0.1) is 0 Å². The van der Waals surface area contributed by atoms with E-state index in [4.69, 9.17) is 5.11 Å². The van der Waals surface area contributed by atoms with E-state index in [0.717, 1.165) is 4.31 Å². The SMILES string of the molecule is CC(C)c1cc(C(=O)O)cc(NCCS(=O)(=O)N(C)C)n1. The second kappa shape index (κ2) is 6.86. The number of carboxylic acid groups (broad SMARTS) is 1. The van der Waals surface area contributed by atoms with E-state index in [-0.39, 0.29) is 23.8 Å². The molecule has 0 aliphatic carbocycles. The van der Waals surface area contributed by atoms with Gasteiger partial charge in [-0.05, 0) is 18.1 Å². The van der Waals surface area contributed by atoms with Gasteiger partial charge in [0, 0.05) is 26.3 Å². The Kier molecular flexibility index (Phi) is 5.68. The molecule has 0 amide bonds. The Balaban J connectivity index is 2.86. The number of carbonyl (C=O) groups is 1. The van der Waals surface area contributed by atoms with Crippen LogP contribution in [0.1, 0.15) is 35.8 Å². The molecule has 0 bridgehead atoms. The smallest absolute Gasteiger partial charge is 0.335 e. The Morgan fingerprint density at radius 1 is 1.38 bits per heavy atom. The Bertz CT molecular complexity index is 612. The molecule has 0 saturated carbocycles. The number of sulfonamides is 1. The summed E-state index contributed by atoms with van der Waals surface area (Å²) in [4.78, 5) is 15.4. The molecule has 0 atom stereocenters. The van der Waals surface area contributed by atoms with E-state index in [9.17, 15) is 13.2 Å². The van der Waals surface area contributed by atoms with Crippen molar-refractivity contribution in [3.8, 4) is 0 Å². The standard InChI is InChI=1S/C13H21N3O4S/c1-9(2)11-7-10(13(17)18)8-12(15-11)14-5-6-21(19,20)16(3)4/h7-9H,5-6H2,1-4H3,(H,14,15)(H,17,18). The maximum absolute atomic E-state index is 11.6. The topological polar surface area (TPSA) is 99.6 Å². The van der Waals surface area contributed by atoms with E-state index in [0.29, 0.717) is 11.5 Å². The molecule has 21 heavy (non-hydrogen) atoms. The number of hydrogen-bond acceptors (Lipinski definition) is 5. The van der Waals surface area contributed by atoms with E-state index in [1.807, 2.05) is 13.8 Å². The van der Waals surface area contributed by atoms with Gasteiger partial charge in [-0.1, -0.05) is 13.8 Å². The van der Waals surface area contributed by atoms with Crippen LogP contribution in [0.4, 0.5) is 5.82 Å². The van der Waals surface area contributed by atoms with Crippen LogP contribution in [0.15, 0.2) is 12.1 Å². The fourth-order valence-electron chi connectivity index (χ4n) is 1.55. The van der Waals surface area contributed by atoms with Crippen LogP contribution < -0.4 is 5.32 Å². The summed E-state index contributed by atoms with van der Waals surface area (Å²) >= 11 is 0. The zero-order valence-electron chi connectivity index (χ0n) is 12.6. The van der Waals surface area contributed by atoms with Crippen molar-refractivity contribution < 1.29 is 18.3 Å². The zero-order chi connectivity index (χ0) is 16.2. The molecule has 0 saturated heterocycles. The average Bonchev–Trinajstić information content (AvgIpc) is 2.37. The van der Waals surface area contributed by atoms with Crippen molar-refractivity contribution in [2.24, 2.45) is 0 Å². The molecule has 1 heterocycles. The monoisotopic (exact) mass is 315 g/mol. The van der Waals surface area contributed by atoms with Crippen LogP contribution in [-0.4, -0.2) is 55.2 Å². The highest BCUT2D eigenvalue weighted by Crippen LogP contribution is 2.17. The molecular weight excluding hydrogens is 294 g/mol. The van der Waals surface area contributed by atoms with Gasteiger partial charge >= 0.3 is 5.97 Å². The minimum Gasteiger partial charge on any atom is -0.478 e. The van der Waals surface area contributed by atoms with E-state index in [1.165, 1.54) is 26.2 Å². The second-order valence-electron chi connectivity index (χ2n) is 5.15. The van der Waals surface area contributed by atoms with Crippen molar-refractivity contribution in [3.05, 3.63) is 23.4 Å². The third-order valence-electron chi connectivity index (χ3n) is 2.91. The summed E-state index contributed by atoms with van der Waals surface area (Å²) in [7, 11) is -0.359. The first kappa shape index (κ1) is 17.4. The summed E-state index contributed by atoms with van der Waals surface area (Å²) in [5.41, 5.74) is 0.777. The molecule has 0 aromatic carbocycles. The lowest BCUT2D eigenvalue weighted by Crippen LogP contribution is -2.28. The number of nitrogens with one attached hydrogen (secondary N) is 1. The first-order valence-electron chi connectivity index (χ1n) is 6.53. The van der Waals surface area contributed by atoms with E-state index in [2.05, 4.69) is 10.3 Å². The van der Waals surface area contributed by atoms with Gasteiger partial charge in [-0.2, -0.15) is 0 Å². The van der Waals surface area contributed by atoms with Gasteiger partial charge in [-0.25, -0.2) is 22.5 Å². The van der Waals surface area contributed by atoms with Crippen molar-refractivity contribution >= 4 is 21.8 Å². The Hall–Kier alpha value is -1.67. The van der Waals surface area contributed by atoms with Crippen molar-refractivity contribution in [3.63, 3.8) is 0 Å². The average molecular weight is 315 g/mol. The lowest BCUT2D eigenvalue weighted by Gasteiger charge is -2.13. The minimum absolute atomic E-state index is 0.0790. The fourth-order valence-corrected chi connectivity index (χ4v) is 2.28. The summed E-state index contributed by atoms with van der Waals surface area (Å²) < 4.78 is 24.4. The van der Waals surface area contributed by atoms with Gasteiger partial charge in [0.1, 0.15) is 5.82 Å². The minimum atomic E-state index is -3.29. The predicted octanol–water partition coefficient (Wildman–Crippen LogP) is 1.21. The largest absolute Gasteiger partial charge is 0.478 e. The van der Waals surface area contributed by atoms with Gasteiger partial charge in [0.2, 0.25) is 10.0 Å². The summed E-state index contributed by atoms with van der Waals surface area (Å²) in [6.07, 6.45) is 0. The maximum atomic E-state index is 11.6. The summed E-state index contributed by atoms with van der Waals surface area (Å²) in [5.74, 6) is -0.679. The lowest BCUT2D eigenvalue weighted by molar-refractivity contribution is 0.0696. The van der Waals surface area contributed by atoms with Gasteiger partial charge in [-0.3, -0.25) is 0 Å². The van der Waals surface area contributed by atoms with Gasteiger partial charge in [0.25, 0.3) is 0 Å². The predicted molar refractivity (Wildman–Crippen MR) is 81.2 cm³/mol. The van der Waals surface area contributed by atoms with E-state index >= 15 is 0 Å². The van der Waals surface area contributed by atoms with Crippen LogP contribution in [0.2, 0.25) is 0 Å². The second-order valence-corrected chi connectivity index (χ2v) is 7.45. The van der Waals surface area contributed by atoms with Crippen molar-refractivity contribution in [2.75, 3.05) is 31.7 Å². The molecule has 1 rings (SSSR count). The molecule has 118 valence electrons. The molecule has 0 spiro atoms.